The van der Waals surface area contributed by atoms with E-state index in [1.807, 2.05) is 23.1 Å². The molecular formula is C16H22N2O3. The summed E-state index contributed by atoms with van der Waals surface area (Å²) in [5.41, 5.74) is 0.954. The van der Waals surface area contributed by atoms with Gasteiger partial charge in [0.1, 0.15) is 6.10 Å². The number of hydrogen-bond donors (Lipinski definition) is 0. The highest BCUT2D eigenvalue weighted by atomic mass is 16.5. The highest BCUT2D eigenvalue weighted by molar-refractivity contribution is 5.81. The van der Waals surface area contributed by atoms with E-state index < -0.39 is 0 Å². The van der Waals surface area contributed by atoms with Gasteiger partial charge in [-0.2, -0.15) is 0 Å². The van der Waals surface area contributed by atoms with E-state index in [4.69, 9.17) is 9.47 Å². The van der Waals surface area contributed by atoms with Crippen LogP contribution in [0.15, 0.2) is 24.4 Å². The molecule has 0 N–H and O–H groups in total. The van der Waals surface area contributed by atoms with Crippen molar-refractivity contribution >= 4 is 5.91 Å². The molecule has 2 aliphatic rings. The van der Waals surface area contributed by atoms with Gasteiger partial charge in [-0.1, -0.05) is 6.07 Å². The molecule has 1 atom stereocenters. The van der Waals surface area contributed by atoms with Crippen molar-refractivity contribution in [3.05, 3.63) is 30.1 Å². The van der Waals surface area contributed by atoms with Gasteiger partial charge in [0.25, 0.3) is 5.91 Å². The Labute approximate surface area is 125 Å². The van der Waals surface area contributed by atoms with Gasteiger partial charge in [0.15, 0.2) is 0 Å². The van der Waals surface area contributed by atoms with Crippen molar-refractivity contribution in [2.24, 2.45) is 0 Å². The zero-order valence-corrected chi connectivity index (χ0v) is 12.2. The first-order valence-corrected chi connectivity index (χ1v) is 7.75. The third-order valence-corrected chi connectivity index (χ3v) is 4.15. The predicted octanol–water partition coefficient (Wildman–Crippen LogP) is 1.77. The van der Waals surface area contributed by atoms with Crippen LogP contribution in [-0.2, 0) is 20.9 Å². The Bertz CT molecular complexity index is 452. The molecular weight excluding hydrogens is 268 g/mol. The summed E-state index contributed by atoms with van der Waals surface area (Å²) in [6.07, 6.45) is 5.46. The molecule has 3 rings (SSSR count). The molecule has 0 bridgehead atoms. The number of pyridine rings is 1. The average Bonchev–Trinajstić information content (AvgIpc) is 3.08. The lowest BCUT2D eigenvalue weighted by Gasteiger charge is -2.33. The van der Waals surface area contributed by atoms with Gasteiger partial charge in [0.2, 0.25) is 0 Å². The van der Waals surface area contributed by atoms with Crippen LogP contribution in [0.4, 0.5) is 0 Å². The van der Waals surface area contributed by atoms with E-state index in [2.05, 4.69) is 4.98 Å². The van der Waals surface area contributed by atoms with Crippen molar-refractivity contribution in [1.29, 1.82) is 0 Å². The Morgan fingerprint density at radius 3 is 2.86 bits per heavy atom. The first-order chi connectivity index (χ1) is 10.3. The molecule has 2 fully saturated rings. The molecule has 0 radical (unpaired) electrons. The first-order valence-electron chi connectivity index (χ1n) is 7.75. The van der Waals surface area contributed by atoms with Crippen LogP contribution < -0.4 is 0 Å². The number of aromatic nitrogens is 1. The van der Waals surface area contributed by atoms with Gasteiger partial charge < -0.3 is 14.4 Å². The molecule has 0 aromatic carbocycles. The zero-order chi connectivity index (χ0) is 14.5. The first kappa shape index (κ1) is 14.5. The lowest BCUT2D eigenvalue weighted by Crippen LogP contribution is -2.45. The number of carbonyl (C=O) groups is 1. The third-order valence-electron chi connectivity index (χ3n) is 4.15. The molecule has 0 saturated carbocycles. The fraction of sp³-hybridized carbons (Fsp3) is 0.625. The van der Waals surface area contributed by atoms with Gasteiger partial charge in [-0.25, -0.2) is 0 Å². The van der Waals surface area contributed by atoms with Crippen LogP contribution in [-0.4, -0.2) is 47.7 Å². The molecule has 1 aromatic rings. The number of hydrogen-bond acceptors (Lipinski definition) is 4. The van der Waals surface area contributed by atoms with Crippen LogP contribution in [0.2, 0.25) is 0 Å². The van der Waals surface area contributed by atoms with Crippen LogP contribution in [0.25, 0.3) is 0 Å². The summed E-state index contributed by atoms with van der Waals surface area (Å²) >= 11 is 0. The maximum atomic E-state index is 12.2. The van der Waals surface area contributed by atoms with Crippen molar-refractivity contribution in [2.75, 3.05) is 19.7 Å². The lowest BCUT2D eigenvalue weighted by atomic mass is 10.1. The van der Waals surface area contributed by atoms with Crippen LogP contribution in [0.3, 0.4) is 0 Å². The number of carbonyl (C=O) groups excluding carboxylic acids is 1. The highest BCUT2D eigenvalue weighted by Gasteiger charge is 2.30. The summed E-state index contributed by atoms with van der Waals surface area (Å²) in [5.74, 6) is 0.163. The topological polar surface area (TPSA) is 51.7 Å². The van der Waals surface area contributed by atoms with E-state index in [-0.39, 0.29) is 18.1 Å². The largest absolute Gasteiger partial charge is 0.372 e. The molecule has 21 heavy (non-hydrogen) atoms. The summed E-state index contributed by atoms with van der Waals surface area (Å²) < 4.78 is 11.4. The Balaban J connectivity index is 1.41. The average molecular weight is 290 g/mol. The summed E-state index contributed by atoms with van der Waals surface area (Å²) in [7, 11) is 0. The summed E-state index contributed by atoms with van der Waals surface area (Å²) in [6, 6.07) is 5.84. The summed E-state index contributed by atoms with van der Waals surface area (Å²) in [6.45, 7) is 2.81. The van der Waals surface area contributed by atoms with Crippen LogP contribution >= 0.6 is 0 Å². The van der Waals surface area contributed by atoms with E-state index in [1.165, 1.54) is 0 Å². The Kier molecular flexibility index (Phi) is 4.83. The predicted molar refractivity (Wildman–Crippen MR) is 77.6 cm³/mol. The third kappa shape index (κ3) is 3.80. The molecule has 0 aliphatic carbocycles. The van der Waals surface area contributed by atoms with Crippen molar-refractivity contribution in [3.8, 4) is 0 Å². The molecule has 1 unspecified atom stereocenters. The lowest BCUT2D eigenvalue weighted by molar-refractivity contribution is -0.143. The van der Waals surface area contributed by atoms with Crippen LogP contribution in [0.1, 0.15) is 31.4 Å². The van der Waals surface area contributed by atoms with Crippen molar-refractivity contribution in [3.63, 3.8) is 0 Å². The maximum Gasteiger partial charge on any atom is 0.251 e. The smallest absolute Gasteiger partial charge is 0.251 e. The molecule has 5 heteroatoms. The van der Waals surface area contributed by atoms with Gasteiger partial charge >= 0.3 is 0 Å². The van der Waals surface area contributed by atoms with Gasteiger partial charge in [0, 0.05) is 25.9 Å². The van der Waals surface area contributed by atoms with Crippen LogP contribution in [0, 0.1) is 0 Å². The van der Waals surface area contributed by atoms with Crippen LogP contribution in [0.5, 0.6) is 0 Å². The fourth-order valence-corrected chi connectivity index (χ4v) is 2.91. The van der Waals surface area contributed by atoms with Gasteiger partial charge in [-0.15, -0.1) is 0 Å². The fourth-order valence-electron chi connectivity index (χ4n) is 2.91. The second kappa shape index (κ2) is 7.00. The van der Waals surface area contributed by atoms with E-state index in [1.54, 1.807) is 6.20 Å². The number of ether oxygens (including phenoxy) is 2. The standard InChI is InChI=1S/C16H22N2O3/c19-16(15-5-3-11-20-15)18-9-6-14(7-10-18)21-12-13-4-1-2-8-17-13/h1-2,4,8,14-15H,3,5-7,9-12H2. The normalized spacial score (nSPS) is 23.4. The molecule has 0 spiro atoms. The van der Waals surface area contributed by atoms with Crippen molar-refractivity contribution in [1.82, 2.24) is 9.88 Å². The number of amides is 1. The van der Waals surface area contributed by atoms with Gasteiger partial charge in [0.05, 0.1) is 18.4 Å². The number of piperidine rings is 1. The van der Waals surface area contributed by atoms with Gasteiger partial charge in [-0.3, -0.25) is 9.78 Å². The zero-order valence-electron chi connectivity index (χ0n) is 12.2. The second-order valence-electron chi connectivity index (χ2n) is 5.66. The molecule has 3 heterocycles. The van der Waals surface area contributed by atoms with Gasteiger partial charge in [-0.05, 0) is 37.8 Å². The Morgan fingerprint density at radius 2 is 2.19 bits per heavy atom. The number of likely N-dealkylation sites (tertiary alicyclic amines) is 1. The molecule has 1 aromatic heterocycles. The molecule has 2 aliphatic heterocycles. The molecule has 2 saturated heterocycles. The number of rotatable bonds is 4. The quantitative estimate of drug-likeness (QED) is 0.848. The van der Waals surface area contributed by atoms with Crippen molar-refractivity contribution in [2.45, 2.75) is 44.5 Å². The Hall–Kier alpha value is -1.46. The second-order valence-corrected chi connectivity index (χ2v) is 5.66. The minimum Gasteiger partial charge on any atom is -0.372 e. The van der Waals surface area contributed by atoms with E-state index in [9.17, 15) is 4.79 Å². The number of nitrogens with zero attached hydrogens (tertiary/aromatic N) is 2. The maximum absolute atomic E-state index is 12.2. The monoisotopic (exact) mass is 290 g/mol. The minimum atomic E-state index is -0.198. The summed E-state index contributed by atoms with van der Waals surface area (Å²) in [4.78, 5) is 18.4. The van der Waals surface area contributed by atoms with E-state index in [0.29, 0.717) is 6.61 Å². The SMILES string of the molecule is O=C(C1CCCO1)N1CCC(OCc2ccccn2)CC1. The summed E-state index contributed by atoms with van der Waals surface area (Å²) in [5, 5.41) is 0. The highest BCUT2D eigenvalue weighted by Crippen LogP contribution is 2.20. The van der Waals surface area contributed by atoms with Crippen molar-refractivity contribution < 1.29 is 14.3 Å². The minimum absolute atomic E-state index is 0.163. The van der Waals surface area contributed by atoms with E-state index in [0.717, 1.165) is 51.1 Å². The molecule has 5 nitrogen and oxygen atoms in total. The van der Waals surface area contributed by atoms with E-state index >= 15 is 0 Å². The molecule has 1 amide bonds. The Morgan fingerprint density at radius 1 is 1.33 bits per heavy atom. The molecule has 114 valence electrons.